The van der Waals surface area contributed by atoms with E-state index >= 15 is 0 Å². The van der Waals surface area contributed by atoms with Gasteiger partial charge in [-0.2, -0.15) is 5.10 Å². The van der Waals surface area contributed by atoms with Crippen LogP contribution < -0.4 is 5.32 Å². The SMILES string of the molecule is CC(C)(C)NCc1cnn(C2CCCCC2)c1. The largest absolute Gasteiger partial charge is 0.308 e. The van der Waals surface area contributed by atoms with Crippen molar-refractivity contribution in [3.8, 4) is 0 Å². The summed E-state index contributed by atoms with van der Waals surface area (Å²) in [5, 5.41) is 8.02. The quantitative estimate of drug-likeness (QED) is 0.871. The maximum absolute atomic E-state index is 4.52. The van der Waals surface area contributed by atoms with Crippen molar-refractivity contribution in [1.82, 2.24) is 15.1 Å². The zero-order valence-electron chi connectivity index (χ0n) is 11.4. The van der Waals surface area contributed by atoms with E-state index in [-0.39, 0.29) is 5.54 Å². The predicted molar refractivity (Wildman–Crippen MR) is 70.9 cm³/mol. The molecule has 3 heteroatoms. The Morgan fingerprint density at radius 2 is 2.00 bits per heavy atom. The van der Waals surface area contributed by atoms with Gasteiger partial charge in [-0.25, -0.2) is 0 Å². The first-order valence-electron chi connectivity index (χ1n) is 6.83. The van der Waals surface area contributed by atoms with E-state index in [1.54, 1.807) is 0 Å². The molecule has 0 spiro atoms. The van der Waals surface area contributed by atoms with Crippen LogP contribution in [0.15, 0.2) is 12.4 Å². The lowest BCUT2D eigenvalue weighted by Gasteiger charge is -2.22. The zero-order valence-corrected chi connectivity index (χ0v) is 11.4. The molecule has 1 aliphatic rings. The van der Waals surface area contributed by atoms with E-state index in [1.165, 1.54) is 37.7 Å². The van der Waals surface area contributed by atoms with Crippen molar-refractivity contribution in [2.75, 3.05) is 0 Å². The minimum atomic E-state index is 0.174. The van der Waals surface area contributed by atoms with Gasteiger partial charge >= 0.3 is 0 Å². The molecule has 2 rings (SSSR count). The third-order valence-electron chi connectivity index (χ3n) is 3.43. The molecule has 0 radical (unpaired) electrons. The summed E-state index contributed by atoms with van der Waals surface area (Å²) < 4.78 is 2.18. The summed E-state index contributed by atoms with van der Waals surface area (Å²) in [5.41, 5.74) is 1.47. The third kappa shape index (κ3) is 3.84. The first kappa shape index (κ1) is 12.6. The number of nitrogens with one attached hydrogen (secondary N) is 1. The molecule has 1 aromatic heterocycles. The summed E-state index contributed by atoms with van der Waals surface area (Å²) in [6.07, 6.45) is 10.9. The highest BCUT2D eigenvalue weighted by molar-refractivity contribution is 5.05. The first-order valence-corrected chi connectivity index (χ1v) is 6.83. The van der Waals surface area contributed by atoms with Gasteiger partial charge < -0.3 is 5.32 Å². The molecule has 1 aromatic rings. The number of aromatic nitrogens is 2. The van der Waals surface area contributed by atoms with Crippen molar-refractivity contribution in [3.05, 3.63) is 18.0 Å². The number of hydrogen-bond donors (Lipinski definition) is 1. The Balaban J connectivity index is 1.91. The molecular formula is C14H25N3. The Morgan fingerprint density at radius 3 is 2.65 bits per heavy atom. The highest BCUT2D eigenvalue weighted by Gasteiger charge is 2.16. The molecule has 1 fully saturated rings. The van der Waals surface area contributed by atoms with Gasteiger partial charge in [-0.3, -0.25) is 4.68 Å². The fourth-order valence-electron chi connectivity index (χ4n) is 2.38. The molecule has 0 atom stereocenters. The molecule has 0 bridgehead atoms. The standard InChI is InChI=1S/C14H25N3/c1-14(2,3)15-9-12-10-16-17(11-12)13-7-5-4-6-8-13/h10-11,13,15H,4-9H2,1-3H3. The summed E-state index contributed by atoms with van der Waals surface area (Å²) in [4.78, 5) is 0. The number of nitrogens with zero attached hydrogens (tertiary/aromatic N) is 2. The van der Waals surface area contributed by atoms with Crippen LogP contribution in [0.25, 0.3) is 0 Å². The molecule has 0 aromatic carbocycles. The molecule has 96 valence electrons. The lowest BCUT2D eigenvalue weighted by Crippen LogP contribution is -2.34. The summed E-state index contributed by atoms with van der Waals surface area (Å²) in [5.74, 6) is 0. The fraction of sp³-hybridized carbons (Fsp3) is 0.786. The Bertz CT molecular complexity index is 343. The van der Waals surface area contributed by atoms with Crippen LogP contribution in [0.1, 0.15) is 64.5 Å². The molecule has 1 aliphatic carbocycles. The molecule has 0 saturated heterocycles. The Hall–Kier alpha value is -0.830. The van der Waals surface area contributed by atoms with E-state index in [2.05, 4.69) is 42.1 Å². The van der Waals surface area contributed by atoms with Crippen molar-refractivity contribution in [2.24, 2.45) is 0 Å². The van der Waals surface area contributed by atoms with E-state index in [4.69, 9.17) is 0 Å². The molecular weight excluding hydrogens is 210 g/mol. The molecule has 3 nitrogen and oxygen atoms in total. The van der Waals surface area contributed by atoms with Gasteiger partial charge in [0.25, 0.3) is 0 Å². The summed E-state index contributed by atoms with van der Waals surface area (Å²) in [6, 6.07) is 0.645. The van der Waals surface area contributed by atoms with Crippen LogP contribution in [0.5, 0.6) is 0 Å². The molecule has 0 amide bonds. The maximum Gasteiger partial charge on any atom is 0.0534 e. The minimum Gasteiger partial charge on any atom is -0.308 e. The van der Waals surface area contributed by atoms with Crippen LogP contribution in [0, 0.1) is 0 Å². The van der Waals surface area contributed by atoms with Gasteiger partial charge in [-0.05, 0) is 33.6 Å². The monoisotopic (exact) mass is 235 g/mol. The average Bonchev–Trinajstić information content (AvgIpc) is 2.75. The van der Waals surface area contributed by atoms with E-state index in [0.717, 1.165) is 6.54 Å². The lowest BCUT2D eigenvalue weighted by atomic mass is 9.96. The van der Waals surface area contributed by atoms with Crippen LogP contribution in [0.2, 0.25) is 0 Å². The van der Waals surface area contributed by atoms with Crippen molar-refractivity contribution < 1.29 is 0 Å². The smallest absolute Gasteiger partial charge is 0.0534 e. The molecule has 17 heavy (non-hydrogen) atoms. The van der Waals surface area contributed by atoms with E-state index in [1.807, 2.05) is 6.20 Å². The molecule has 1 heterocycles. The lowest BCUT2D eigenvalue weighted by molar-refractivity contribution is 0.329. The second-order valence-electron chi connectivity index (χ2n) is 6.22. The maximum atomic E-state index is 4.52. The second kappa shape index (κ2) is 5.21. The van der Waals surface area contributed by atoms with Crippen molar-refractivity contribution in [3.63, 3.8) is 0 Å². The van der Waals surface area contributed by atoms with Gasteiger partial charge in [0, 0.05) is 23.8 Å². The van der Waals surface area contributed by atoms with Crippen molar-refractivity contribution in [1.29, 1.82) is 0 Å². The Kier molecular flexibility index (Phi) is 3.87. The van der Waals surface area contributed by atoms with Crippen LogP contribution in [0.4, 0.5) is 0 Å². The second-order valence-corrected chi connectivity index (χ2v) is 6.22. The van der Waals surface area contributed by atoms with Crippen molar-refractivity contribution in [2.45, 2.75) is 71.0 Å². The highest BCUT2D eigenvalue weighted by atomic mass is 15.3. The number of rotatable bonds is 3. The van der Waals surface area contributed by atoms with Crippen LogP contribution in [-0.4, -0.2) is 15.3 Å². The fourth-order valence-corrected chi connectivity index (χ4v) is 2.38. The van der Waals surface area contributed by atoms with Crippen LogP contribution >= 0.6 is 0 Å². The normalized spacial score (nSPS) is 18.5. The average molecular weight is 235 g/mol. The van der Waals surface area contributed by atoms with Gasteiger partial charge in [-0.15, -0.1) is 0 Å². The van der Waals surface area contributed by atoms with E-state index < -0.39 is 0 Å². The van der Waals surface area contributed by atoms with Gasteiger partial charge in [0.1, 0.15) is 0 Å². The summed E-state index contributed by atoms with van der Waals surface area (Å²) >= 11 is 0. The van der Waals surface area contributed by atoms with E-state index in [9.17, 15) is 0 Å². The molecule has 1 saturated carbocycles. The number of hydrogen-bond acceptors (Lipinski definition) is 2. The first-order chi connectivity index (χ1) is 8.04. The van der Waals surface area contributed by atoms with Gasteiger partial charge in [-0.1, -0.05) is 19.3 Å². The van der Waals surface area contributed by atoms with Crippen LogP contribution in [-0.2, 0) is 6.54 Å². The van der Waals surface area contributed by atoms with Gasteiger partial charge in [0.15, 0.2) is 0 Å². The molecule has 0 aliphatic heterocycles. The Labute approximate surface area is 105 Å². The summed E-state index contributed by atoms with van der Waals surface area (Å²) in [7, 11) is 0. The molecule has 0 unspecified atom stereocenters. The zero-order chi connectivity index (χ0) is 12.3. The topological polar surface area (TPSA) is 29.9 Å². The summed E-state index contributed by atoms with van der Waals surface area (Å²) in [6.45, 7) is 7.49. The third-order valence-corrected chi connectivity index (χ3v) is 3.43. The van der Waals surface area contributed by atoms with Crippen molar-refractivity contribution >= 4 is 0 Å². The van der Waals surface area contributed by atoms with E-state index in [0.29, 0.717) is 6.04 Å². The van der Waals surface area contributed by atoms with Gasteiger partial charge in [0.05, 0.1) is 12.2 Å². The predicted octanol–water partition coefficient (Wildman–Crippen LogP) is 3.28. The van der Waals surface area contributed by atoms with Crippen LogP contribution in [0.3, 0.4) is 0 Å². The van der Waals surface area contributed by atoms with Gasteiger partial charge in [0.2, 0.25) is 0 Å². The highest BCUT2D eigenvalue weighted by Crippen LogP contribution is 2.27. The molecule has 1 N–H and O–H groups in total. The minimum absolute atomic E-state index is 0.174. The Morgan fingerprint density at radius 1 is 1.29 bits per heavy atom.